The Bertz CT molecular complexity index is 763. The summed E-state index contributed by atoms with van der Waals surface area (Å²) in [4.78, 5) is 0. The second-order valence-electron chi connectivity index (χ2n) is 5.78. The lowest BCUT2D eigenvalue weighted by atomic mass is 9.81. The van der Waals surface area contributed by atoms with E-state index in [1.54, 1.807) is 13.4 Å². The molecule has 0 unspecified atom stereocenters. The van der Waals surface area contributed by atoms with Crippen LogP contribution in [0.5, 0.6) is 11.5 Å². The van der Waals surface area contributed by atoms with Crippen molar-refractivity contribution in [3.05, 3.63) is 54.3 Å². The number of benzene rings is 2. The van der Waals surface area contributed by atoms with Gasteiger partial charge in [-0.3, -0.25) is 4.39 Å². The van der Waals surface area contributed by atoms with Gasteiger partial charge in [-0.05, 0) is 40.5 Å². The van der Waals surface area contributed by atoms with E-state index in [2.05, 4.69) is 0 Å². The number of allylic oxidation sites excluding steroid dienone is 1. The maximum Gasteiger partial charge on any atom is 0.526 e. The third-order valence-electron chi connectivity index (χ3n) is 4.03. The Kier molecular flexibility index (Phi) is 5.61. The van der Waals surface area contributed by atoms with E-state index in [-0.39, 0.29) is 0 Å². The molecule has 25 heavy (non-hydrogen) atoms. The van der Waals surface area contributed by atoms with Crippen molar-refractivity contribution in [3.63, 3.8) is 0 Å². The Morgan fingerprint density at radius 1 is 1.12 bits per heavy atom. The van der Waals surface area contributed by atoms with E-state index >= 15 is 0 Å². The van der Waals surface area contributed by atoms with E-state index < -0.39 is 13.8 Å². The van der Waals surface area contributed by atoms with Gasteiger partial charge in [-0.1, -0.05) is 24.3 Å². The zero-order valence-corrected chi connectivity index (χ0v) is 14.1. The van der Waals surface area contributed by atoms with Crippen molar-refractivity contribution < 1.29 is 23.5 Å². The van der Waals surface area contributed by atoms with Crippen LogP contribution in [0.1, 0.15) is 12.0 Å². The molecule has 0 amide bonds. The van der Waals surface area contributed by atoms with Crippen LogP contribution in [0.15, 0.2) is 48.7 Å². The van der Waals surface area contributed by atoms with Gasteiger partial charge in [0.25, 0.3) is 0 Å². The smallest absolute Gasteiger partial charge is 0.526 e. The number of ether oxygens (including phenoxy) is 2. The molecule has 0 atom stereocenters. The molecule has 1 aliphatic rings. The summed E-state index contributed by atoms with van der Waals surface area (Å²) in [6, 6.07) is 13.7. The predicted molar refractivity (Wildman–Crippen MR) is 96.4 cm³/mol. The van der Waals surface area contributed by atoms with E-state index in [1.807, 2.05) is 42.5 Å². The van der Waals surface area contributed by atoms with Crippen LogP contribution in [0.4, 0.5) is 4.39 Å². The molecule has 0 radical (unpaired) electrons. The molecule has 130 valence electrons. The van der Waals surface area contributed by atoms with Crippen LogP contribution in [0.3, 0.4) is 0 Å². The van der Waals surface area contributed by atoms with Crippen molar-refractivity contribution in [2.24, 2.45) is 0 Å². The van der Waals surface area contributed by atoms with E-state index in [4.69, 9.17) is 14.1 Å². The zero-order chi connectivity index (χ0) is 17.6. The standard InChI is InChI=1S/C19H20BFO4/c1-23-18-7-6-16(11-19(18)24-9-3-8-21)14-4-2-5-15(10-14)17-12-20(22)25-13-17/h2,4-7,10-11,13,22H,3,8-9,12H2,1H3. The number of hydrogen-bond donors (Lipinski definition) is 1. The fourth-order valence-corrected chi connectivity index (χ4v) is 2.74. The van der Waals surface area contributed by atoms with Crippen LogP contribution in [0, 0.1) is 0 Å². The SMILES string of the molecule is COc1ccc(-c2cccc(C3=COB(O)C3)c2)cc1OCCCF. The Balaban J connectivity index is 1.87. The number of rotatable bonds is 7. The number of hydrogen-bond acceptors (Lipinski definition) is 4. The highest BCUT2D eigenvalue weighted by Crippen LogP contribution is 2.34. The van der Waals surface area contributed by atoms with Crippen LogP contribution in [-0.2, 0) is 4.65 Å². The minimum absolute atomic E-state index is 0.304. The topological polar surface area (TPSA) is 47.9 Å². The van der Waals surface area contributed by atoms with Gasteiger partial charge in [0.15, 0.2) is 11.5 Å². The summed E-state index contributed by atoms with van der Waals surface area (Å²) < 4.78 is 28.4. The fourth-order valence-electron chi connectivity index (χ4n) is 2.74. The van der Waals surface area contributed by atoms with Crippen molar-refractivity contribution in [2.75, 3.05) is 20.4 Å². The van der Waals surface area contributed by atoms with Crippen molar-refractivity contribution in [1.29, 1.82) is 0 Å². The summed E-state index contributed by atoms with van der Waals surface area (Å²) >= 11 is 0. The lowest BCUT2D eigenvalue weighted by molar-refractivity contribution is 0.274. The molecular formula is C19H20BFO4. The zero-order valence-electron chi connectivity index (χ0n) is 14.1. The Hall–Kier alpha value is -2.47. The molecule has 0 fully saturated rings. The molecule has 0 spiro atoms. The van der Waals surface area contributed by atoms with Crippen molar-refractivity contribution in [1.82, 2.24) is 0 Å². The summed E-state index contributed by atoms with van der Waals surface area (Å²) in [6.45, 7) is -0.106. The monoisotopic (exact) mass is 342 g/mol. The number of alkyl halides is 1. The normalized spacial score (nSPS) is 13.4. The second kappa shape index (κ2) is 8.07. The molecule has 1 N–H and O–H groups in total. The molecule has 0 bridgehead atoms. The van der Waals surface area contributed by atoms with Gasteiger partial charge in [-0.25, -0.2) is 0 Å². The van der Waals surface area contributed by atoms with Crippen LogP contribution >= 0.6 is 0 Å². The van der Waals surface area contributed by atoms with Gasteiger partial charge in [0.05, 0.1) is 26.7 Å². The molecule has 4 nitrogen and oxygen atoms in total. The first-order chi connectivity index (χ1) is 12.2. The molecule has 0 aliphatic carbocycles. The second-order valence-corrected chi connectivity index (χ2v) is 5.78. The van der Waals surface area contributed by atoms with Crippen molar-refractivity contribution >= 4 is 12.7 Å². The van der Waals surface area contributed by atoms with Crippen LogP contribution in [0.25, 0.3) is 16.7 Å². The van der Waals surface area contributed by atoms with Gasteiger partial charge in [0, 0.05) is 12.7 Å². The van der Waals surface area contributed by atoms with Crippen LogP contribution < -0.4 is 9.47 Å². The largest absolute Gasteiger partial charge is 0.542 e. The highest BCUT2D eigenvalue weighted by Gasteiger charge is 2.23. The summed E-state index contributed by atoms with van der Waals surface area (Å²) in [7, 11) is 0.811. The predicted octanol–water partition coefficient (Wildman–Crippen LogP) is 3.95. The lowest BCUT2D eigenvalue weighted by Gasteiger charge is -2.13. The Labute approximate surface area is 147 Å². The summed E-state index contributed by atoms with van der Waals surface area (Å²) in [6.07, 6.45) is 2.42. The van der Waals surface area contributed by atoms with Crippen molar-refractivity contribution in [2.45, 2.75) is 12.7 Å². The molecule has 0 saturated heterocycles. The minimum Gasteiger partial charge on any atom is -0.542 e. The van der Waals surface area contributed by atoms with Crippen LogP contribution in [0.2, 0.25) is 6.32 Å². The van der Waals surface area contributed by atoms with E-state index in [9.17, 15) is 9.41 Å². The van der Waals surface area contributed by atoms with E-state index in [1.165, 1.54) is 0 Å². The quantitative estimate of drug-likeness (QED) is 0.611. The van der Waals surface area contributed by atoms with Gasteiger partial charge >= 0.3 is 7.12 Å². The summed E-state index contributed by atoms with van der Waals surface area (Å²) in [5.41, 5.74) is 3.95. The number of halogens is 1. The molecule has 2 aromatic rings. The molecule has 2 aromatic carbocycles. The van der Waals surface area contributed by atoms with E-state index in [0.29, 0.717) is 30.8 Å². The maximum absolute atomic E-state index is 12.3. The average Bonchev–Trinajstić information content (AvgIpc) is 3.08. The maximum atomic E-state index is 12.3. The first-order valence-electron chi connectivity index (χ1n) is 8.21. The van der Waals surface area contributed by atoms with Gasteiger partial charge in [0.2, 0.25) is 0 Å². The van der Waals surface area contributed by atoms with Gasteiger partial charge in [-0.15, -0.1) is 0 Å². The average molecular weight is 342 g/mol. The first kappa shape index (κ1) is 17.4. The first-order valence-corrected chi connectivity index (χ1v) is 8.21. The molecular weight excluding hydrogens is 322 g/mol. The highest BCUT2D eigenvalue weighted by molar-refractivity contribution is 6.47. The molecule has 6 heteroatoms. The third kappa shape index (κ3) is 4.14. The van der Waals surface area contributed by atoms with E-state index in [0.717, 1.165) is 22.3 Å². The summed E-state index contributed by atoms with van der Waals surface area (Å²) in [5.74, 6) is 1.21. The molecule has 0 aromatic heterocycles. The molecule has 0 saturated carbocycles. The Morgan fingerprint density at radius 3 is 2.64 bits per heavy atom. The van der Waals surface area contributed by atoms with Gasteiger partial charge in [0.1, 0.15) is 0 Å². The van der Waals surface area contributed by atoms with Gasteiger partial charge in [-0.2, -0.15) is 0 Å². The number of methoxy groups -OCH3 is 1. The Morgan fingerprint density at radius 2 is 1.92 bits per heavy atom. The molecule has 3 rings (SSSR count). The third-order valence-corrected chi connectivity index (χ3v) is 4.03. The summed E-state index contributed by atoms with van der Waals surface area (Å²) in [5, 5.41) is 9.51. The highest BCUT2D eigenvalue weighted by atomic mass is 19.1. The van der Waals surface area contributed by atoms with Crippen molar-refractivity contribution in [3.8, 4) is 22.6 Å². The van der Waals surface area contributed by atoms with Gasteiger partial charge < -0.3 is 19.2 Å². The molecule has 1 heterocycles. The lowest BCUT2D eigenvalue weighted by Crippen LogP contribution is -2.08. The molecule has 1 aliphatic heterocycles. The van der Waals surface area contributed by atoms with Crippen LogP contribution in [-0.4, -0.2) is 32.5 Å². The fraction of sp³-hybridized carbons (Fsp3) is 0.263. The minimum atomic E-state index is -0.768.